The first-order chi connectivity index (χ1) is 14.7. The van der Waals surface area contributed by atoms with Crippen LogP contribution in [0, 0.1) is 12.3 Å². The van der Waals surface area contributed by atoms with Crippen LogP contribution < -0.4 is 0 Å². The van der Waals surface area contributed by atoms with E-state index in [-0.39, 0.29) is 6.42 Å². The average Bonchev–Trinajstić information content (AvgIpc) is 2.72. The van der Waals surface area contributed by atoms with Gasteiger partial charge in [0.15, 0.2) is 0 Å². The zero-order valence-electron chi connectivity index (χ0n) is 17.6. The molecule has 0 aliphatic rings. The van der Waals surface area contributed by atoms with Gasteiger partial charge >= 0.3 is 6.18 Å². The van der Waals surface area contributed by atoms with Crippen LogP contribution in [0.5, 0.6) is 0 Å². The fourth-order valence-electron chi connectivity index (χ4n) is 4.51. The molecule has 5 aromatic rings. The van der Waals surface area contributed by atoms with E-state index in [9.17, 15) is 13.2 Å². The van der Waals surface area contributed by atoms with E-state index in [2.05, 4.69) is 31.2 Å². The molecule has 0 spiro atoms. The number of aryl methyl sites for hydroxylation is 1. The summed E-state index contributed by atoms with van der Waals surface area (Å²) in [4.78, 5) is 4.75. The predicted molar refractivity (Wildman–Crippen MR) is 123 cm³/mol. The van der Waals surface area contributed by atoms with Gasteiger partial charge in [-0.2, -0.15) is 13.2 Å². The Bertz CT molecular complexity index is 1480. The second-order valence-corrected chi connectivity index (χ2v) is 9.03. The Balaban J connectivity index is 1.77. The fraction of sp³-hybridized carbons (Fsp3) is 0.222. The first kappa shape index (κ1) is 19.8. The van der Waals surface area contributed by atoms with Gasteiger partial charge in [-0.1, -0.05) is 68.4 Å². The highest BCUT2D eigenvalue weighted by Gasteiger charge is 2.46. The largest absolute Gasteiger partial charge is 0.394 e. The van der Waals surface area contributed by atoms with Gasteiger partial charge in [-0.05, 0) is 52.1 Å². The smallest absolute Gasteiger partial charge is 0.255 e. The van der Waals surface area contributed by atoms with Gasteiger partial charge in [-0.25, -0.2) is 0 Å². The van der Waals surface area contributed by atoms with Crippen molar-refractivity contribution in [2.45, 2.75) is 33.4 Å². The van der Waals surface area contributed by atoms with Crippen molar-refractivity contribution in [3.63, 3.8) is 0 Å². The highest BCUT2D eigenvalue weighted by molar-refractivity contribution is 6.21. The average molecular weight is 417 g/mol. The molecule has 1 aromatic heterocycles. The molecule has 0 aliphatic carbocycles. The Labute approximate surface area is 178 Å². The number of hydrogen-bond donors (Lipinski definition) is 0. The summed E-state index contributed by atoms with van der Waals surface area (Å²) in [5, 5.41) is 7.43. The predicted octanol–water partition coefficient (Wildman–Crippen LogP) is 8.13. The first-order valence-electron chi connectivity index (χ1n) is 10.3. The fourth-order valence-corrected chi connectivity index (χ4v) is 4.51. The molecule has 0 aliphatic heterocycles. The Morgan fingerprint density at radius 3 is 2.16 bits per heavy atom. The van der Waals surface area contributed by atoms with Crippen molar-refractivity contribution < 1.29 is 13.2 Å². The molecule has 5 rings (SSSR count). The normalized spacial score (nSPS) is 13.0. The maximum Gasteiger partial charge on any atom is 0.394 e. The van der Waals surface area contributed by atoms with Gasteiger partial charge in [-0.3, -0.25) is 4.98 Å². The molecule has 0 amide bonds. The number of halogens is 3. The lowest BCUT2D eigenvalue weighted by atomic mass is 9.84. The molecule has 0 unspecified atom stereocenters. The molecule has 1 heterocycles. The topological polar surface area (TPSA) is 12.9 Å². The Morgan fingerprint density at radius 2 is 1.42 bits per heavy atom. The van der Waals surface area contributed by atoms with E-state index < -0.39 is 11.6 Å². The summed E-state index contributed by atoms with van der Waals surface area (Å²) in [7, 11) is 0. The molecular formula is C27H22F3N. The molecule has 0 atom stereocenters. The third-order valence-electron chi connectivity index (χ3n) is 6.37. The van der Waals surface area contributed by atoms with Crippen LogP contribution in [0.15, 0.2) is 66.9 Å². The second-order valence-electron chi connectivity index (χ2n) is 9.03. The molecule has 0 bridgehead atoms. The lowest BCUT2D eigenvalue weighted by Crippen LogP contribution is -2.34. The van der Waals surface area contributed by atoms with E-state index in [0.29, 0.717) is 5.56 Å². The SMILES string of the molecule is Cc1cc2c(ccc3c4cc(CC(C)(C)C(F)(F)F)ccc4cnc32)c2ccccc12. The molecule has 156 valence electrons. The summed E-state index contributed by atoms with van der Waals surface area (Å²) in [6.07, 6.45) is -2.50. The summed E-state index contributed by atoms with van der Waals surface area (Å²) in [6.45, 7) is 4.60. The number of alkyl halides is 3. The van der Waals surface area contributed by atoms with Crippen LogP contribution in [0.1, 0.15) is 25.0 Å². The molecule has 0 saturated carbocycles. The Hall–Kier alpha value is -3.14. The number of pyridine rings is 1. The zero-order valence-corrected chi connectivity index (χ0v) is 17.6. The van der Waals surface area contributed by atoms with E-state index >= 15 is 0 Å². The van der Waals surface area contributed by atoms with E-state index in [1.165, 1.54) is 30.2 Å². The van der Waals surface area contributed by atoms with E-state index in [0.717, 1.165) is 32.4 Å². The quantitative estimate of drug-likeness (QED) is 0.264. The second kappa shape index (κ2) is 6.68. The molecule has 1 nitrogen and oxygen atoms in total. The maximum absolute atomic E-state index is 13.4. The van der Waals surface area contributed by atoms with Crippen molar-refractivity contribution in [3.05, 3.63) is 78.0 Å². The summed E-state index contributed by atoms with van der Waals surface area (Å²) in [5.41, 5.74) is 0.952. The maximum atomic E-state index is 13.4. The molecule has 4 aromatic carbocycles. The van der Waals surface area contributed by atoms with E-state index in [1.807, 2.05) is 36.5 Å². The van der Waals surface area contributed by atoms with Gasteiger partial charge in [0.25, 0.3) is 0 Å². The summed E-state index contributed by atoms with van der Waals surface area (Å²) in [5.74, 6) is 0. The highest BCUT2D eigenvalue weighted by atomic mass is 19.4. The first-order valence-corrected chi connectivity index (χ1v) is 10.3. The van der Waals surface area contributed by atoms with Gasteiger partial charge < -0.3 is 0 Å². The standard InChI is InChI=1S/C27H22F3N/c1-16-12-24-21(20-7-5-4-6-19(16)20)10-11-22-23-13-17(14-26(2,3)27(28,29)30)8-9-18(23)15-31-25(22)24/h4-13,15H,14H2,1-3H3. The number of nitrogens with zero attached hydrogens (tertiary/aromatic N) is 1. The number of hydrogen-bond acceptors (Lipinski definition) is 1. The molecule has 31 heavy (non-hydrogen) atoms. The molecule has 4 heteroatoms. The van der Waals surface area contributed by atoms with Crippen molar-refractivity contribution in [3.8, 4) is 0 Å². The van der Waals surface area contributed by atoms with Crippen LogP contribution in [0.25, 0.3) is 43.2 Å². The van der Waals surface area contributed by atoms with Gasteiger partial charge in [-0.15, -0.1) is 0 Å². The minimum absolute atomic E-state index is 0.0619. The minimum Gasteiger partial charge on any atom is -0.255 e. The van der Waals surface area contributed by atoms with E-state index in [1.54, 1.807) is 6.07 Å². The van der Waals surface area contributed by atoms with Gasteiger partial charge in [0, 0.05) is 22.4 Å². The van der Waals surface area contributed by atoms with Crippen molar-refractivity contribution in [2.75, 3.05) is 0 Å². The molecule has 0 saturated heterocycles. The van der Waals surface area contributed by atoms with Crippen LogP contribution in [-0.2, 0) is 6.42 Å². The number of fused-ring (bicyclic) bond motifs is 7. The number of rotatable bonds is 2. The van der Waals surface area contributed by atoms with Gasteiger partial charge in [0.05, 0.1) is 10.9 Å². The van der Waals surface area contributed by atoms with Crippen LogP contribution in [0.4, 0.5) is 13.2 Å². The van der Waals surface area contributed by atoms with Crippen LogP contribution in [0.2, 0.25) is 0 Å². The van der Waals surface area contributed by atoms with Crippen molar-refractivity contribution in [2.24, 2.45) is 5.41 Å². The van der Waals surface area contributed by atoms with Gasteiger partial charge in [0.1, 0.15) is 0 Å². The van der Waals surface area contributed by atoms with Crippen LogP contribution in [-0.4, -0.2) is 11.2 Å². The zero-order chi connectivity index (χ0) is 22.0. The van der Waals surface area contributed by atoms with Crippen molar-refractivity contribution in [1.82, 2.24) is 4.98 Å². The third-order valence-corrected chi connectivity index (χ3v) is 6.37. The van der Waals surface area contributed by atoms with Gasteiger partial charge in [0.2, 0.25) is 0 Å². The third kappa shape index (κ3) is 3.13. The number of aromatic nitrogens is 1. The Morgan fingerprint density at radius 1 is 0.742 bits per heavy atom. The van der Waals surface area contributed by atoms with Crippen molar-refractivity contribution >= 4 is 43.2 Å². The number of benzene rings is 4. The molecule has 0 N–H and O–H groups in total. The highest BCUT2D eigenvalue weighted by Crippen LogP contribution is 2.41. The Kier molecular flexibility index (Phi) is 4.27. The van der Waals surface area contributed by atoms with Crippen LogP contribution in [0.3, 0.4) is 0 Å². The molecule has 0 fully saturated rings. The van der Waals surface area contributed by atoms with Crippen molar-refractivity contribution in [1.29, 1.82) is 0 Å². The lowest BCUT2D eigenvalue weighted by molar-refractivity contribution is -0.211. The minimum atomic E-state index is -4.25. The van der Waals surface area contributed by atoms with Crippen LogP contribution >= 0.6 is 0 Å². The summed E-state index contributed by atoms with van der Waals surface area (Å²) < 4.78 is 40.2. The summed E-state index contributed by atoms with van der Waals surface area (Å²) >= 11 is 0. The monoisotopic (exact) mass is 417 g/mol. The molecule has 0 radical (unpaired) electrons. The molecular weight excluding hydrogens is 395 g/mol. The van der Waals surface area contributed by atoms with E-state index in [4.69, 9.17) is 4.98 Å². The lowest BCUT2D eigenvalue weighted by Gasteiger charge is -2.27. The summed E-state index contributed by atoms with van der Waals surface area (Å²) in [6, 6.07) is 20.2.